The van der Waals surface area contributed by atoms with Gasteiger partial charge in [0.25, 0.3) is 5.91 Å². The normalized spacial score (nSPS) is 15.2. The van der Waals surface area contributed by atoms with Crippen molar-refractivity contribution >= 4 is 21.8 Å². The maximum absolute atomic E-state index is 13.4. The van der Waals surface area contributed by atoms with Crippen LogP contribution in [0.5, 0.6) is 0 Å². The van der Waals surface area contributed by atoms with Gasteiger partial charge in [0.05, 0.1) is 11.4 Å². The van der Waals surface area contributed by atoms with Gasteiger partial charge in [0.2, 0.25) is 15.9 Å². The van der Waals surface area contributed by atoms with Crippen molar-refractivity contribution in [3.63, 3.8) is 0 Å². The summed E-state index contributed by atoms with van der Waals surface area (Å²) in [5, 5.41) is 2.59. The van der Waals surface area contributed by atoms with E-state index in [0.29, 0.717) is 5.56 Å². The van der Waals surface area contributed by atoms with Crippen LogP contribution >= 0.6 is 0 Å². The molecule has 1 aliphatic rings. The number of aryl methyl sites for hydroxylation is 1. The van der Waals surface area contributed by atoms with E-state index in [1.807, 2.05) is 13.0 Å². The molecular formula is C20H22FN3O4S. The van der Waals surface area contributed by atoms with Gasteiger partial charge in [-0.05, 0) is 37.3 Å². The number of piperazine rings is 1. The summed E-state index contributed by atoms with van der Waals surface area (Å²) in [4.78, 5) is 25.9. The van der Waals surface area contributed by atoms with Crippen molar-refractivity contribution in [2.24, 2.45) is 0 Å². The van der Waals surface area contributed by atoms with E-state index >= 15 is 0 Å². The van der Waals surface area contributed by atoms with Crippen LogP contribution in [0.4, 0.5) is 4.39 Å². The van der Waals surface area contributed by atoms with E-state index < -0.39 is 15.8 Å². The molecule has 0 bridgehead atoms. The topological polar surface area (TPSA) is 86.8 Å². The second-order valence-electron chi connectivity index (χ2n) is 6.79. The lowest BCUT2D eigenvalue weighted by atomic mass is 10.1. The molecule has 0 unspecified atom stereocenters. The molecule has 3 rings (SSSR count). The molecule has 0 aliphatic carbocycles. The Kier molecular flexibility index (Phi) is 6.29. The summed E-state index contributed by atoms with van der Waals surface area (Å²) in [6.45, 7) is 2.33. The summed E-state index contributed by atoms with van der Waals surface area (Å²) < 4.78 is 39.8. The summed E-state index contributed by atoms with van der Waals surface area (Å²) >= 11 is 0. The van der Waals surface area contributed by atoms with Crippen molar-refractivity contribution in [2.45, 2.75) is 11.8 Å². The van der Waals surface area contributed by atoms with E-state index in [0.717, 1.165) is 11.6 Å². The Labute approximate surface area is 169 Å². The fourth-order valence-corrected chi connectivity index (χ4v) is 4.56. The monoisotopic (exact) mass is 419 g/mol. The Bertz CT molecular complexity index is 1020. The van der Waals surface area contributed by atoms with Crippen molar-refractivity contribution in [1.82, 2.24) is 14.5 Å². The van der Waals surface area contributed by atoms with Gasteiger partial charge in [0.1, 0.15) is 5.82 Å². The molecule has 1 aliphatic heterocycles. The van der Waals surface area contributed by atoms with E-state index in [1.54, 1.807) is 18.2 Å². The number of carbonyl (C=O) groups is 2. The molecule has 0 atom stereocenters. The number of sulfonamides is 1. The van der Waals surface area contributed by atoms with Gasteiger partial charge >= 0.3 is 0 Å². The molecule has 0 saturated carbocycles. The van der Waals surface area contributed by atoms with Gasteiger partial charge in [-0.25, -0.2) is 12.8 Å². The average molecular weight is 419 g/mol. The molecule has 0 radical (unpaired) electrons. The molecule has 1 N–H and O–H groups in total. The van der Waals surface area contributed by atoms with Crippen LogP contribution in [0.25, 0.3) is 0 Å². The zero-order valence-electron chi connectivity index (χ0n) is 16.0. The van der Waals surface area contributed by atoms with E-state index in [-0.39, 0.29) is 49.4 Å². The first-order chi connectivity index (χ1) is 13.8. The molecule has 29 heavy (non-hydrogen) atoms. The van der Waals surface area contributed by atoms with Gasteiger partial charge in [0.15, 0.2) is 0 Å². The smallest absolute Gasteiger partial charge is 0.251 e. The molecule has 7 nitrogen and oxygen atoms in total. The maximum Gasteiger partial charge on any atom is 0.251 e. The number of rotatable bonds is 5. The zero-order valence-corrected chi connectivity index (χ0v) is 16.8. The Morgan fingerprint density at radius 1 is 1.03 bits per heavy atom. The molecule has 2 aromatic carbocycles. The minimum Gasteiger partial charge on any atom is -0.343 e. The van der Waals surface area contributed by atoms with Gasteiger partial charge < -0.3 is 10.2 Å². The zero-order chi connectivity index (χ0) is 21.0. The molecule has 0 aromatic heterocycles. The first-order valence-electron chi connectivity index (χ1n) is 9.16. The number of carbonyl (C=O) groups excluding carboxylic acids is 2. The highest BCUT2D eigenvalue weighted by Gasteiger charge is 2.30. The minimum atomic E-state index is -3.81. The average Bonchev–Trinajstić information content (AvgIpc) is 2.72. The molecule has 2 amide bonds. The molecular weight excluding hydrogens is 397 g/mol. The first-order valence-corrected chi connectivity index (χ1v) is 10.6. The van der Waals surface area contributed by atoms with Crippen molar-refractivity contribution in [3.8, 4) is 0 Å². The van der Waals surface area contributed by atoms with Gasteiger partial charge in [-0.3, -0.25) is 9.59 Å². The minimum absolute atomic E-state index is 0.108. The number of hydrogen-bond acceptors (Lipinski definition) is 4. The third kappa shape index (κ3) is 4.99. The van der Waals surface area contributed by atoms with Crippen molar-refractivity contribution < 1.29 is 22.4 Å². The molecule has 0 spiro atoms. The lowest BCUT2D eigenvalue weighted by Gasteiger charge is -2.34. The Balaban J connectivity index is 1.53. The second-order valence-corrected chi connectivity index (χ2v) is 8.73. The first kappa shape index (κ1) is 20.9. The van der Waals surface area contributed by atoms with Crippen LogP contribution in [0.3, 0.4) is 0 Å². The highest BCUT2D eigenvalue weighted by atomic mass is 32.2. The molecule has 1 saturated heterocycles. The van der Waals surface area contributed by atoms with E-state index in [4.69, 9.17) is 0 Å². The van der Waals surface area contributed by atoms with Crippen LogP contribution in [0, 0.1) is 12.7 Å². The lowest BCUT2D eigenvalue weighted by molar-refractivity contribution is -0.131. The largest absolute Gasteiger partial charge is 0.343 e. The number of halogens is 1. The predicted molar refractivity (Wildman–Crippen MR) is 105 cm³/mol. The van der Waals surface area contributed by atoms with E-state index in [2.05, 4.69) is 5.32 Å². The van der Waals surface area contributed by atoms with Gasteiger partial charge in [-0.2, -0.15) is 4.31 Å². The Morgan fingerprint density at radius 2 is 1.72 bits per heavy atom. The fraction of sp³-hybridized carbons (Fsp3) is 0.300. The van der Waals surface area contributed by atoms with Crippen LogP contribution < -0.4 is 5.32 Å². The number of benzene rings is 2. The Hall–Kier alpha value is -2.78. The van der Waals surface area contributed by atoms with Crippen molar-refractivity contribution in [3.05, 3.63) is 65.5 Å². The quantitative estimate of drug-likeness (QED) is 0.794. The number of nitrogens with one attached hydrogen (secondary N) is 1. The lowest BCUT2D eigenvalue weighted by Crippen LogP contribution is -2.52. The highest BCUT2D eigenvalue weighted by Crippen LogP contribution is 2.18. The van der Waals surface area contributed by atoms with Gasteiger partial charge in [-0.1, -0.05) is 23.8 Å². The van der Waals surface area contributed by atoms with E-state index in [9.17, 15) is 22.4 Å². The van der Waals surface area contributed by atoms with Crippen LogP contribution in [-0.4, -0.2) is 62.2 Å². The summed E-state index contributed by atoms with van der Waals surface area (Å²) in [6, 6.07) is 11.9. The molecule has 1 fully saturated rings. The van der Waals surface area contributed by atoms with Crippen LogP contribution in [-0.2, 0) is 14.8 Å². The van der Waals surface area contributed by atoms with Crippen LogP contribution in [0.2, 0.25) is 0 Å². The number of hydrogen-bond donors (Lipinski definition) is 1. The second kappa shape index (κ2) is 8.71. The number of nitrogens with zero attached hydrogens (tertiary/aromatic N) is 2. The highest BCUT2D eigenvalue weighted by molar-refractivity contribution is 7.89. The third-order valence-corrected chi connectivity index (χ3v) is 6.60. The van der Waals surface area contributed by atoms with Crippen LogP contribution in [0.15, 0.2) is 53.4 Å². The molecule has 1 heterocycles. The fourth-order valence-electron chi connectivity index (χ4n) is 3.11. The Morgan fingerprint density at radius 3 is 2.38 bits per heavy atom. The van der Waals surface area contributed by atoms with E-state index in [1.165, 1.54) is 27.4 Å². The molecule has 154 valence electrons. The van der Waals surface area contributed by atoms with Crippen molar-refractivity contribution in [2.75, 3.05) is 32.7 Å². The third-order valence-electron chi connectivity index (χ3n) is 4.71. The summed E-state index contributed by atoms with van der Waals surface area (Å²) in [6.07, 6.45) is 0. The van der Waals surface area contributed by atoms with Crippen LogP contribution in [0.1, 0.15) is 15.9 Å². The summed E-state index contributed by atoms with van der Waals surface area (Å²) in [5.74, 6) is -1.24. The molecule has 9 heteroatoms. The molecule has 2 aromatic rings. The number of amides is 2. The standard InChI is InChI=1S/C20H22FN3O4S/c1-15-4-2-5-16(12-15)20(26)22-14-19(25)23-8-10-24(11-9-23)29(27,28)18-7-3-6-17(21)13-18/h2-7,12-13H,8-11,14H2,1H3,(H,22,26). The van der Waals surface area contributed by atoms with Crippen molar-refractivity contribution in [1.29, 1.82) is 0 Å². The summed E-state index contributed by atoms with van der Waals surface area (Å²) in [5.41, 5.74) is 1.42. The summed E-state index contributed by atoms with van der Waals surface area (Å²) in [7, 11) is -3.81. The predicted octanol–water partition coefficient (Wildman–Crippen LogP) is 1.40. The van der Waals surface area contributed by atoms with Gasteiger partial charge in [0, 0.05) is 31.7 Å². The maximum atomic E-state index is 13.4. The van der Waals surface area contributed by atoms with Gasteiger partial charge in [-0.15, -0.1) is 0 Å². The SMILES string of the molecule is Cc1cccc(C(=O)NCC(=O)N2CCN(S(=O)(=O)c3cccc(F)c3)CC2)c1.